The first-order valence-electron chi connectivity index (χ1n) is 5.16. The lowest BCUT2D eigenvalue weighted by Crippen LogP contribution is -2.04. The molecule has 90 valence electrons. The monoisotopic (exact) mass is 358 g/mol. The van der Waals surface area contributed by atoms with Gasteiger partial charge < -0.3 is 5.73 Å². The van der Waals surface area contributed by atoms with E-state index in [9.17, 15) is 0 Å². The molecule has 4 nitrogen and oxygen atoms in total. The van der Waals surface area contributed by atoms with Crippen molar-refractivity contribution < 1.29 is 0 Å². The summed E-state index contributed by atoms with van der Waals surface area (Å²) in [7, 11) is 0. The molecular weight excluding hydrogens is 348 g/mol. The largest absolute Gasteiger partial charge is 0.383 e. The van der Waals surface area contributed by atoms with Gasteiger partial charge in [-0.25, -0.2) is 4.98 Å². The number of nitrogens with two attached hydrogens (primary N) is 1. The number of halogens is 2. The van der Waals surface area contributed by atoms with Crippen molar-refractivity contribution in [3.05, 3.63) is 33.0 Å². The number of nitrogens with zero attached hydrogens (tertiary/aromatic N) is 3. The van der Waals surface area contributed by atoms with Crippen LogP contribution in [0.25, 0.3) is 5.82 Å². The summed E-state index contributed by atoms with van der Waals surface area (Å²) in [5.41, 5.74) is 6.95. The third kappa shape index (κ3) is 2.37. The van der Waals surface area contributed by atoms with E-state index in [-0.39, 0.29) is 0 Å². The summed E-state index contributed by atoms with van der Waals surface area (Å²) < 4.78 is 3.42. The maximum atomic E-state index is 6.01. The van der Waals surface area contributed by atoms with Crippen molar-refractivity contribution in [1.29, 1.82) is 0 Å². The second-order valence-corrected chi connectivity index (χ2v) is 5.69. The van der Waals surface area contributed by atoms with E-state index in [1.54, 1.807) is 10.9 Å². The fourth-order valence-electron chi connectivity index (χ4n) is 1.47. The summed E-state index contributed by atoms with van der Waals surface area (Å²) in [5, 5.41) is 4.48. The Balaban J connectivity index is 2.53. The summed E-state index contributed by atoms with van der Waals surface area (Å²) in [6, 6.07) is 3.77. The van der Waals surface area contributed by atoms with Crippen LogP contribution in [-0.2, 0) is 0 Å². The molecule has 0 saturated carbocycles. The van der Waals surface area contributed by atoms with E-state index >= 15 is 0 Å². The average molecular weight is 360 g/mol. The first-order valence-corrected chi connectivity index (χ1v) is 6.75. The average Bonchev–Trinajstić information content (AvgIpc) is 2.58. The predicted molar refractivity (Wildman–Crippen MR) is 75.3 cm³/mol. The highest BCUT2D eigenvalue weighted by Gasteiger charge is 2.17. The van der Waals surface area contributed by atoms with Gasteiger partial charge in [-0.3, -0.25) is 0 Å². The van der Waals surface area contributed by atoms with Gasteiger partial charge in [-0.1, -0.05) is 13.8 Å². The number of anilines is 1. The smallest absolute Gasteiger partial charge is 0.155 e. The molecule has 2 rings (SSSR count). The van der Waals surface area contributed by atoms with E-state index < -0.39 is 0 Å². The minimum absolute atomic E-state index is 0.309. The van der Waals surface area contributed by atoms with Gasteiger partial charge in [0.1, 0.15) is 5.82 Å². The first kappa shape index (κ1) is 12.6. The molecule has 0 saturated heterocycles. The van der Waals surface area contributed by atoms with Gasteiger partial charge in [0.05, 0.1) is 10.2 Å². The molecule has 0 fully saturated rings. The van der Waals surface area contributed by atoms with Crippen molar-refractivity contribution in [1.82, 2.24) is 14.8 Å². The molecule has 2 N–H and O–H groups in total. The number of aromatic nitrogens is 3. The van der Waals surface area contributed by atoms with Crippen LogP contribution in [0.4, 0.5) is 5.82 Å². The highest BCUT2D eigenvalue weighted by Crippen LogP contribution is 2.30. The molecule has 6 heteroatoms. The molecular formula is C11H12Br2N4. The van der Waals surface area contributed by atoms with Gasteiger partial charge in [-0.15, -0.1) is 0 Å². The van der Waals surface area contributed by atoms with Crippen molar-refractivity contribution in [3.8, 4) is 5.82 Å². The summed E-state index contributed by atoms with van der Waals surface area (Å²) in [5.74, 6) is 1.59. The molecule has 2 heterocycles. The Morgan fingerprint density at radius 3 is 2.47 bits per heavy atom. The maximum absolute atomic E-state index is 6.01. The van der Waals surface area contributed by atoms with Crippen LogP contribution in [0.1, 0.15) is 25.5 Å². The fraction of sp³-hybridized carbons (Fsp3) is 0.273. The van der Waals surface area contributed by atoms with Crippen molar-refractivity contribution in [3.63, 3.8) is 0 Å². The molecule has 2 aromatic rings. The standard InChI is InChI=1S/C11H12Br2N4/c1-6(2)10-9(13)11(14)17(16-10)8-4-3-7(12)5-15-8/h3-6H,14H2,1-2H3. The van der Waals surface area contributed by atoms with Crippen LogP contribution >= 0.6 is 31.9 Å². The molecule has 0 aliphatic rings. The highest BCUT2D eigenvalue weighted by atomic mass is 79.9. The number of hydrogen-bond acceptors (Lipinski definition) is 3. The van der Waals surface area contributed by atoms with Gasteiger partial charge >= 0.3 is 0 Å². The zero-order chi connectivity index (χ0) is 12.6. The number of pyridine rings is 1. The highest BCUT2D eigenvalue weighted by molar-refractivity contribution is 9.11. The summed E-state index contributed by atoms with van der Waals surface area (Å²) >= 11 is 6.81. The fourth-order valence-corrected chi connectivity index (χ4v) is 2.41. The Hall–Kier alpha value is -0.880. The van der Waals surface area contributed by atoms with Gasteiger partial charge in [0.15, 0.2) is 5.82 Å². The molecule has 0 atom stereocenters. The van der Waals surface area contributed by atoms with Crippen LogP contribution in [0.2, 0.25) is 0 Å². The summed E-state index contributed by atoms with van der Waals surface area (Å²) in [4.78, 5) is 4.28. The third-order valence-electron chi connectivity index (χ3n) is 2.36. The maximum Gasteiger partial charge on any atom is 0.155 e. The third-order valence-corrected chi connectivity index (χ3v) is 3.64. The van der Waals surface area contributed by atoms with E-state index in [0.717, 1.165) is 14.6 Å². The quantitative estimate of drug-likeness (QED) is 0.892. The van der Waals surface area contributed by atoms with E-state index in [0.29, 0.717) is 17.6 Å². The Labute approximate surface area is 116 Å². The van der Waals surface area contributed by atoms with Crippen LogP contribution in [0.3, 0.4) is 0 Å². The Kier molecular flexibility index (Phi) is 3.53. The molecule has 0 aliphatic carbocycles. The van der Waals surface area contributed by atoms with E-state index in [1.807, 2.05) is 12.1 Å². The predicted octanol–water partition coefficient (Wildman–Crippen LogP) is 3.50. The SMILES string of the molecule is CC(C)c1nn(-c2ccc(Br)cn2)c(N)c1Br. The van der Waals surface area contributed by atoms with Crippen molar-refractivity contribution in [2.45, 2.75) is 19.8 Å². The lowest BCUT2D eigenvalue weighted by atomic mass is 10.1. The molecule has 0 bridgehead atoms. The Bertz CT molecular complexity index is 531. The number of hydrogen-bond donors (Lipinski definition) is 1. The summed E-state index contributed by atoms with van der Waals surface area (Å²) in [6.45, 7) is 4.15. The van der Waals surface area contributed by atoms with Gasteiger partial charge in [0.25, 0.3) is 0 Å². The second kappa shape index (κ2) is 4.78. The van der Waals surface area contributed by atoms with E-state index in [4.69, 9.17) is 5.73 Å². The van der Waals surface area contributed by atoms with Crippen LogP contribution < -0.4 is 5.73 Å². The van der Waals surface area contributed by atoms with Crippen molar-refractivity contribution in [2.75, 3.05) is 5.73 Å². The second-order valence-electron chi connectivity index (χ2n) is 3.99. The van der Waals surface area contributed by atoms with E-state index in [1.165, 1.54) is 0 Å². The Morgan fingerprint density at radius 1 is 1.29 bits per heavy atom. The van der Waals surface area contributed by atoms with Crippen LogP contribution in [0, 0.1) is 0 Å². The van der Waals surface area contributed by atoms with Gasteiger partial charge in [-0.2, -0.15) is 9.78 Å². The zero-order valence-corrected chi connectivity index (χ0v) is 12.7. The zero-order valence-electron chi connectivity index (χ0n) is 9.48. The first-order chi connectivity index (χ1) is 8.00. The minimum atomic E-state index is 0.309. The van der Waals surface area contributed by atoms with Crippen LogP contribution in [0.5, 0.6) is 0 Å². The molecule has 2 aromatic heterocycles. The van der Waals surface area contributed by atoms with E-state index in [2.05, 4.69) is 55.8 Å². The topological polar surface area (TPSA) is 56.7 Å². The molecule has 0 amide bonds. The number of nitrogen functional groups attached to an aromatic ring is 1. The molecule has 0 spiro atoms. The summed E-state index contributed by atoms with van der Waals surface area (Å²) in [6.07, 6.45) is 1.72. The molecule has 0 aliphatic heterocycles. The molecule has 17 heavy (non-hydrogen) atoms. The van der Waals surface area contributed by atoms with Gasteiger partial charge in [0, 0.05) is 10.7 Å². The lowest BCUT2D eigenvalue weighted by molar-refractivity contribution is 0.759. The van der Waals surface area contributed by atoms with Gasteiger partial charge in [0.2, 0.25) is 0 Å². The molecule has 0 unspecified atom stereocenters. The van der Waals surface area contributed by atoms with Crippen molar-refractivity contribution in [2.24, 2.45) is 0 Å². The Morgan fingerprint density at radius 2 is 2.00 bits per heavy atom. The van der Waals surface area contributed by atoms with Crippen LogP contribution in [-0.4, -0.2) is 14.8 Å². The molecule has 0 radical (unpaired) electrons. The molecule has 0 aromatic carbocycles. The minimum Gasteiger partial charge on any atom is -0.383 e. The normalized spacial score (nSPS) is 11.1. The number of rotatable bonds is 2. The lowest BCUT2D eigenvalue weighted by Gasteiger charge is -2.02. The van der Waals surface area contributed by atoms with Crippen LogP contribution in [0.15, 0.2) is 27.3 Å². The van der Waals surface area contributed by atoms with Gasteiger partial charge in [-0.05, 0) is 49.9 Å². The van der Waals surface area contributed by atoms with Crippen molar-refractivity contribution >= 4 is 37.7 Å².